The summed E-state index contributed by atoms with van der Waals surface area (Å²) >= 11 is 0. The monoisotopic (exact) mass is 269 g/mol. The van der Waals surface area contributed by atoms with Gasteiger partial charge in [0.15, 0.2) is 5.69 Å². The number of amides is 1. The minimum absolute atomic E-state index is 0.242. The summed E-state index contributed by atoms with van der Waals surface area (Å²) in [6.45, 7) is -0.908. The lowest BCUT2D eigenvalue weighted by Gasteiger charge is -2.14. The molecule has 0 aliphatic carbocycles. The van der Waals surface area contributed by atoms with Crippen molar-refractivity contribution in [2.75, 3.05) is 13.1 Å². The van der Waals surface area contributed by atoms with E-state index in [9.17, 15) is 22.4 Å². The van der Waals surface area contributed by atoms with Gasteiger partial charge in [0.2, 0.25) is 0 Å². The summed E-state index contributed by atoms with van der Waals surface area (Å²) < 4.78 is 49.9. The number of nitrogens with one attached hydrogen (secondary N) is 1. The minimum Gasteiger partial charge on any atom is -0.344 e. The zero-order valence-corrected chi connectivity index (χ0v) is 9.12. The first-order valence-corrected chi connectivity index (χ1v) is 4.91. The first kappa shape index (κ1) is 14.4. The van der Waals surface area contributed by atoms with Crippen molar-refractivity contribution in [3.8, 4) is 0 Å². The number of aromatic nitrogens is 3. The van der Waals surface area contributed by atoms with Crippen LogP contribution >= 0.6 is 0 Å². The molecule has 0 saturated carbocycles. The summed E-state index contributed by atoms with van der Waals surface area (Å²) in [5.74, 6) is -5.28. The van der Waals surface area contributed by atoms with Crippen LogP contribution in [0.25, 0.3) is 0 Å². The predicted molar refractivity (Wildman–Crippen MR) is 52.4 cm³/mol. The molecule has 0 radical (unpaired) electrons. The minimum atomic E-state index is -4.27. The maximum absolute atomic E-state index is 12.5. The molecule has 0 aliphatic heterocycles. The van der Waals surface area contributed by atoms with Crippen LogP contribution in [0.4, 0.5) is 17.6 Å². The number of hydrogen-bond donors (Lipinski definition) is 2. The topological polar surface area (TPSA) is 85.8 Å². The van der Waals surface area contributed by atoms with Crippen molar-refractivity contribution < 1.29 is 22.4 Å². The normalized spacial score (nSPS) is 11.9. The molecule has 18 heavy (non-hydrogen) atoms. The molecule has 1 aromatic rings. The average molecular weight is 269 g/mol. The molecule has 6 nitrogen and oxygen atoms in total. The van der Waals surface area contributed by atoms with Gasteiger partial charge in [-0.05, 0) is 0 Å². The van der Waals surface area contributed by atoms with Crippen LogP contribution in [0.15, 0.2) is 6.20 Å². The zero-order chi connectivity index (χ0) is 13.8. The van der Waals surface area contributed by atoms with Gasteiger partial charge in [0.25, 0.3) is 5.91 Å². The van der Waals surface area contributed by atoms with E-state index in [1.54, 1.807) is 5.32 Å². The van der Waals surface area contributed by atoms with Gasteiger partial charge < -0.3 is 11.1 Å². The highest BCUT2D eigenvalue weighted by atomic mass is 19.3. The summed E-state index contributed by atoms with van der Waals surface area (Å²) in [4.78, 5) is 11.3. The Bertz CT molecular complexity index is 408. The molecule has 1 amide bonds. The van der Waals surface area contributed by atoms with Crippen molar-refractivity contribution in [1.82, 2.24) is 20.3 Å². The SMILES string of the molecule is NCCn1cc(C(=O)NCC(F)(F)C(F)F)nn1. The fraction of sp³-hybridized carbons (Fsp3) is 0.625. The van der Waals surface area contributed by atoms with Crippen LogP contribution in [0.3, 0.4) is 0 Å². The number of hydrogen-bond acceptors (Lipinski definition) is 4. The van der Waals surface area contributed by atoms with Gasteiger partial charge in [-0.15, -0.1) is 5.10 Å². The van der Waals surface area contributed by atoms with Gasteiger partial charge in [-0.2, -0.15) is 8.78 Å². The van der Waals surface area contributed by atoms with E-state index in [0.717, 1.165) is 0 Å². The molecule has 3 N–H and O–H groups in total. The van der Waals surface area contributed by atoms with Crippen LogP contribution in [0.5, 0.6) is 0 Å². The average Bonchev–Trinajstić information content (AvgIpc) is 2.75. The standard InChI is InChI=1S/C8H11F4N5O/c9-7(10)8(11,12)4-14-6(18)5-3-17(2-1-13)16-15-5/h3,7H,1-2,4,13H2,(H,14,18). The highest BCUT2D eigenvalue weighted by Crippen LogP contribution is 2.21. The number of nitrogens with two attached hydrogens (primary N) is 1. The van der Waals surface area contributed by atoms with Crippen molar-refractivity contribution in [2.24, 2.45) is 5.73 Å². The second-order valence-electron chi connectivity index (χ2n) is 3.40. The van der Waals surface area contributed by atoms with E-state index in [2.05, 4.69) is 10.3 Å². The lowest BCUT2D eigenvalue weighted by atomic mass is 10.3. The quantitative estimate of drug-likeness (QED) is 0.704. The van der Waals surface area contributed by atoms with Crippen LogP contribution < -0.4 is 11.1 Å². The number of nitrogens with zero attached hydrogens (tertiary/aromatic N) is 3. The van der Waals surface area contributed by atoms with Gasteiger partial charge in [0.1, 0.15) is 0 Å². The number of halogens is 4. The fourth-order valence-electron chi connectivity index (χ4n) is 1.01. The van der Waals surface area contributed by atoms with E-state index < -0.39 is 24.8 Å². The Morgan fingerprint density at radius 2 is 2.22 bits per heavy atom. The summed E-state index contributed by atoms with van der Waals surface area (Å²) in [6, 6.07) is 0. The zero-order valence-electron chi connectivity index (χ0n) is 9.12. The van der Waals surface area contributed by atoms with Crippen LogP contribution in [-0.2, 0) is 6.54 Å². The molecule has 1 aromatic heterocycles. The molecule has 0 fully saturated rings. The Morgan fingerprint density at radius 1 is 1.56 bits per heavy atom. The third kappa shape index (κ3) is 3.65. The molecule has 1 rings (SSSR count). The van der Waals surface area contributed by atoms with Crippen LogP contribution in [-0.4, -0.2) is 46.3 Å². The summed E-state index contributed by atoms with van der Waals surface area (Å²) in [6.07, 6.45) is -2.66. The first-order valence-electron chi connectivity index (χ1n) is 4.91. The lowest BCUT2D eigenvalue weighted by Crippen LogP contribution is -2.41. The van der Waals surface area contributed by atoms with E-state index in [1.807, 2.05) is 0 Å². The Hall–Kier alpha value is -1.71. The van der Waals surface area contributed by atoms with Crippen molar-refractivity contribution in [3.63, 3.8) is 0 Å². The highest BCUT2D eigenvalue weighted by Gasteiger charge is 2.41. The molecule has 1 heterocycles. The lowest BCUT2D eigenvalue weighted by molar-refractivity contribution is -0.123. The van der Waals surface area contributed by atoms with E-state index >= 15 is 0 Å². The second-order valence-corrected chi connectivity index (χ2v) is 3.40. The van der Waals surface area contributed by atoms with Gasteiger partial charge in [-0.25, -0.2) is 8.78 Å². The molecular formula is C8H11F4N5O. The Morgan fingerprint density at radius 3 is 2.78 bits per heavy atom. The van der Waals surface area contributed by atoms with Crippen molar-refractivity contribution in [1.29, 1.82) is 0 Å². The molecular weight excluding hydrogens is 258 g/mol. The van der Waals surface area contributed by atoms with Gasteiger partial charge >= 0.3 is 12.3 Å². The van der Waals surface area contributed by atoms with E-state index in [1.165, 1.54) is 10.9 Å². The largest absolute Gasteiger partial charge is 0.344 e. The second kappa shape index (κ2) is 5.76. The van der Waals surface area contributed by atoms with E-state index in [-0.39, 0.29) is 12.2 Å². The van der Waals surface area contributed by atoms with Crippen molar-refractivity contribution >= 4 is 5.91 Å². The van der Waals surface area contributed by atoms with Gasteiger partial charge in [0, 0.05) is 6.54 Å². The van der Waals surface area contributed by atoms with E-state index in [4.69, 9.17) is 5.73 Å². The molecule has 0 unspecified atom stereocenters. The Balaban J connectivity index is 2.55. The number of carbonyl (C=O) groups is 1. The summed E-state index contributed by atoms with van der Waals surface area (Å²) in [5, 5.41) is 8.55. The maximum Gasteiger partial charge on any atom is 0.324 e. The summed E-state index contributed by atoms with van der Waals surface area (Å²) in [5.41, 5.74) is 4.98. The number of carbonyl (C=O) groups excluding carboxylic acids is 1. The van der Waals surface area contributed by atoms with Crippen molar-refractivity contribution in [2.45, 2.75) is 18.9 Å². The molecule has 0 aromatic carbocycles. The highest BCUT2D eigenvalue weighted by molar-refractivity contribution is 5.91. The fourth-order valence-corrected chi connectivity index (χ4v) is 1.01. The molecule has 0 spiro atoms. The van der Waals surface area contributed by atoms with Crippen LogP contribution in [0, 0.1) is 0 Å². The number of rotatable bonds is 6. The van der Waals surface area contributed by atoms with Gasteiger partial charge in [-0.3, -0.25) is 9.48 Å². The smallest absolute Gasteiger partial charge is 0.324 e. The maximum atomic E-state index is 12.5. The van der Waals surface area contributed by atoms with Crippen LogP contribution in [0.1, 0.15) is 10.5 Å². The molecule has 102 valence electrons. The third-order valence-electron chi connectivity index (χ3n) is 1.93. The van der Waals surface area contributed by atoms with Crippen LogP contribution in [0.2, 0.25) is 0 Å². The molecule has 10 heteroatoms. The third-order valence-corrected chi connectivity index (χ3v) is 1.93. The van der Waals surface area contributed by atoms with E-state index in [0.29, 0.717) is 6.54 Å². The predicted octanol–water partition coefficient (Wildman–Crippen LogP) is -0.133. The summed E-state index contributed by atoms with van der Waals surface area (Å²) in [7, 11) is 0. The molecule has 0 atom stereocenters. The molecule has 0 bridgehead atoms. The molecule has 0 aliphatic rings. The Labute approximate surface area is 99.1 Å². The Kier molecular flexibility index (Phi) is 4.59. The van der Waals surface area contributed by atoms with Gasteiger partial charge in [0.05, 0.1) is 19.3 Å². The first-order chi connectivity index (χ1) is 8.36. The van der Waals surface area contributed by atoms with Gasteiger partial charge in [-0.1, -0.05) is 5.21 Å². The van der Waals surface area contributed by atoms with Crippen molar-refractivity contribution in [3.05, 3.63) is 11.9 Å². The molecule has 0 saturated heterocycles. The number of alkyl halides is 4.